The van der Waals surface area contributed by atoms with Gasteiger partial charge < -0.3 is 14.2 Å². The van der Waals surface area contributed by atoms with E-state index in [0.717, 1.165) is 0 Å². The number of hydrogen-bond donors (Lipinski definition) is 1. The molecule has 0 heterocycles. The van der Waals surface area contributed by atoms with Crippen LogP contribution in [-0.2, 0) is 13.6 Å². The Morgan fingerprint density at radius 1 is 1.29 bits per heavy atom. The normalized spacial score (nSPS) is 11.6. The van der Waals surface area contributed by atoms with E-state index >= 15 is 0 Å². The molecule has 0 aliphatic rings. The minimum atomic E-state index is -3.35. The highest BCUT2D eigenvalue weighted by Crippen LogP contribution is 2.47. The van der Waals surface area contributed by atoms with Crippen LogP contribution in [-0.4, -0.2) is 19.3 Å². The lowest BCUT2D eigenvalue weighted by Crippen LogP contribution is -2.09. The molecule has 0 atom stereocenters. The summed E-state index contributed by atoms with van der Waals surface area (Å²) >= 11 is 0. The summed E-state index contributed by atoms with van der Waals surface area (Å²) in [6, 6.07) is 4.93. The van der Waals surface area contributed by atoms with Crippen molar-refractivity contribution in [3.05, 3.63) is 23.8 Å². The van der Waals surface area contributed by atoms with Crippen LogP contribution in [0.15, 0.2) is 18.2 Å². The van der Waals surface area contributed by atoms with E-state index in [9.17, 15) is 9.67 Å². The quantitative estimate of drug-likeness (QED) is 0.783. The number of hydrogen-bond acceptors (Lipinski definition) is 4. The van der Waals surface area contributed by atoms with Gasteiger partial charge in [0.2, 0.25) is 0 Å². The van der Waals surface area contributed by atoms with Gasteiger partial charge in [-0.1, -0.05) is 12.1 Å². The Morgan fingerprint density at radius 2 is 1.86 bits per heavy atom. The lowest BCUT2D eigenvalue weighted by atomic mass is 10.2. The van der Waals surface area contributed by atoms with Crippen molar-refractivity contribution in [2.45, 2.75) is 6.92 Å². The van der Waals surface area contributed by atoms with Crippen molar-refractivity contribution in [2.75, 3.05) is 14.2 Å². The van der Waals surface area contributed by atoms with Crippen molar-refractivity contribution >= 4 is 12.9 Å². The first-order valence-corrected chi connectivity index (χ1v) is 5.60. The fourth-order valence-electron chi connectivity index (χ4n) is 1.14. The van der Waals surface area contributed by atoms with Gasteiger partial charge in [-0.25, -0.2) is 0 Å². The summed E-state index contributed by atoms with van der Waals surface area (Å²) in [4.78, 5) is 0. The maximum Gasteiger partial charge on any atom is 0.364 e. The van der Waals surface area contributed by atoms with Crippen molar-refractivity contribution in [3.63, 3.8) is 0 Å². The van der Waals surface area contributed by atoms with Gasteiger partial charge in [-0.3, -0.25) is 4.57 Å². The van der Waals surface area contributed by atoms with Crippen molar-refractivity contribution in [3.8, 4) is 5.75 Å². The van der Waals surface area contributed by atoms with E-state index < -0.39 is 7.60 Å². The Kier molecular flexibility index (Phi) is 3.32. The fourth-order valence-corrected chi connectivity index (χ4v) is 2.38. The van der Waals surface area contributed by atoms with Gasteiger partial charge in [0.1, 0.15) is 11.1 Å². The first-order valence-electron chi connectivity index (χ1n) is 4.06. The van der Waals surface area contributed by atoms with Gasteiger partial charge in [0.15, 0.2) is 0 Å². The van der Waals surface area contributed by atoms with Crippen LogP contribution in [0.3, 0.4) is 0 Å². The third-order valence-electron chi connectivity index (χ3n) is 1.99. The summed E-state index contributed by atoms with van der Waals surface area (Å²) in [5, 5.41) is 9.86. The third-order valence-corrected chi connectivity index (χ3v) is 3.90. The molecule has 4 nitrogen and oxygen atoms in total. The standard InChI is InChI=1S/C9H13O4P/c1-7-5-4-6-8(9(7)10)14(11,12-2)13-3/h4-6,10H,1-3H3. The molecule has 0 fully saturated rings. The smallest absolute Gasteiger partial charge is 0.364 e. The molecule has 0 bridgehead atoms. The molecule has 0 saturated heterocycles. The van der Waals surface area contributed by atoms with Gasteiger partial charge >= 0.3 is 7.60 Å². The number of phenolic OH excluding ortho intramolecular Hbond substituents is 1. The third kappa shape index (κ3) is 1.82. The highest BCUT2D eigenvalue weighted by Gasteiger charge is 2.28. The molecule has 1 N–H and O–H groups in total. The molecule has 0 unspecified atom stereocenters. The molecule has 0 radical (unpaired) electrons. The van der Waals surface area contributed by atoms with Crippen LogP contribution in [0.2, 0.25) is 0 Å². The molecule has 0 aromatic heterocycles. The summed E-state index contributed by atoms with van der Waals surface area (Å²) in [6.45, 7) is 1.72. The van der Waals surface area contributed by atoms with Gasteiger partial charge in [-0.05, 0) is 18.6 Å². The molecule has 78 valence electrons. The van der Waals surface area contributed by atoms with Crippen LogP contribution in [0, 0.1) is 6.92 Å². The summed E-state index contributed by atoms with van der Waals surface area (Å²) in [5.41, 5.74) is 0.636. The van der Waals surface area contributed by atoms with Crippen molar-refractivity contribution in [1.29, 1.82) is 0 Å². The van der Waals surface area contributed by atoms with Crippen molar-refractivity contribution in [2.24, 2.45) is 0 Å². The number of rotatable bonds is 3. The SMILES string of the molecule is COP(=O)(OC)c1cccc(C)c1O. The predicted octanol–water partition coefficient (Wildman–Crippen LogP) is 1.81. The minimum absolute atomic E-state index is 0.0421. The second kappa shape index (κ2) is 4.13. The lowest BCUT2D eigenvalue weighted by molar-refractivity contribution is 0.286. The number of aryl methyl sites for hydroxylation is 1. The van der Waals surface area contributed by atoms with Gasteiger partial charge in [-0.2, -0.15) is 0 Å². The van der Waals surface area contributed by atoms with Crippen molar-refractivity contribution < 1.29 is 18.7 Å². The molecule has 14 heavy (non-hydrogen) atoms. The van der Waals surface area contributed by atoms with Crippen LogP contribution >= 0.6 is 7.60 Å². The Balaban J connectivity index is 3.32. The molecular formula is C9H13O4P. The minimum Gasteiger partial charge on any atom is -0.507 e. The molecule has 0 saturated carbocycles. The van der Waals surface area contributed by atoms with E-state index in [1.165, 1.54) is 20.3 Å². The highest BCUT2D eigenvalue weighted by molar-refractivity contribution is 7.62. The van der Waals surface area contributed by atoms with Gasteiger partial charge in [0.25, 0.3) is 0 Å². The molecule has 0 spiro atoms. The molecule has 1 rings (SSSR count). The van der Waals surface area contributed by atoms with E-state index in [1.54, 1.807) is 19.1 Å². The summed E-state index contributed by atoms with van der Waals surface area (Å²) in [6.07, 6.45) is 0. The van der Waals surface area contributed by atoms with Crippen LogP contribution < -0.4 is 5.30 Å². The van der Waals surface area contributed by atoms with E-state index in [0.29, 0.717) is 5.56 Å². The first-order chi connectivity index (χ1) is 6.55. The number of phenols is 1. The Labute approximate surface area is 83.0 Å². The summed E-state index contributed by atoms with van der Waals surface area (Å²) in [5.74, 6) is -0.0421. The number of benzene rings is 1. The molecule has 0 aliphatic carbocycles. The zero-order valence-electron chi connectivity index (χ0n) is 8.35. The average Bonchev–Trinajstić information content (AvgIpc) is 2.21. The van der Waals surface area contributed by atoms with Crippen LogP contribution in [0.5, 0.6) is 5.75 Å². The van der Waals surface area contributed by atoms with Gasteiger partial charge in [0, 0.05) is 14.2 Å². The van der Waals surface area contributed by atoms with Crippen LogP contribution in [0.25, 0.3) is 0 Å². The molecule has 1 aromatic carbocycles. The highest BCUT2D eigenvalue weighted by atomic mass is 31.2. The summed E-state index contributed by atoms with van der Waals surface area (Å²) < 4.78 is 21.5. The Hall–Kier alpha value is -0.830. The number of para-hydroxylation sites is 1. The maximum atomic E-state index is 11.9. The molecular weight excluding hydrogens is 203 g/mol. The van der Waals surface area contributed by atoms with E-state index in [1.807, 2.05) is 0 Å². The fraction of sp³-hybridized carbons (Fsp3) is 0.333. The zero-order chi connectivity index (χ0) is 10.8. The zero-order valence-corrected chi connectivity index (χ0v) is 9.25. The first kappa shape index (κ1) is 11.2. The van der Waals surface area contributed by atoms with Gasteiger partial charge in [0.05, 0.1) is 0 Å². The Morgan fingerprint density at radius 3 is 2.36 bits per heavy atom. The van der Waals surface area contributed by atoms with Gasteiger partial charge in [-0.15, -0.1) is 0 Å². The molecule has 5 heteroatoms. The monoisotopic (exact) mass is 216 g/mol. The second-order valence-electron chi connectivity index (χ2n) is 2.81. The lowest BCUT2D eigenvalue weighted by Gasteiger charge is -2.15. The summed E-state index contributed by atoms with van der Waals surface area (Å²) in [7, 11) is -0.781. The van der Waals surface area contributed by atoms with E-state index in [-0.39, 0.29) is 11.1 Å². The number of aromatic hydroxyl groups is 1. The largest absolute Gasteiger partial charge is 0.507 e. The molecule has 0 amide bonds. The average molecular weight is 216 g/mol. The topological polar surface area (TPSA) is 55.8 Å². The van der Waals surface area contributed by atoms with E-state index in [4.69, 9.17) is 9.05 Å². The second-order valence-corrected chi connectivity index (χ2v) is 5.01. The maximum absolute atomic E-state index is 11.9. The predicted molar refractivity (Wildman–Crippen MR) is 54.1 cm³/mol. The molecule has 1 aromatic rings. The molecule has 0 aliphatic heterocycles. The Bertz CT molecular complexity index is 367. The van der Waals surface area contributed by atoms with Crippen LogP contribution in [0.4, 0.5) is 0 Å². The van der Waals surface area contributed by atoms with E-state index in [2.05, 4.69) is 0 Å². The van der Waals surface area contributed by atoms with Crippen LogP contribution in [0.1, 0.15) is 5.56 Å². The van der Waals surface area contributed by atoms with Crippen molar-refractivity contribution in [1.82, 2.24) is 0 Å².